The van der Waals surface area contributed by atoms with Gasteiger partial charge in [0.05, 0.1) is 24.1 Å². The first-order valence-corrected chi connectivity index (χ1v) is 7.95. The van der Waals surface area contributed by atoms with E-state index in [4.69, 9.17) is 4.74 Å². The third-order valence-corrected chi connectivity index (χ3v) is 3.94. The Morgan fingerprint density at radius 1 is 1.26 bits per heavy atom. The molecule has 1 amide bonds. The first-order valence-electron chi connectivity index (χ1n) is 7.95. The van der Waals surface area contributed by atoms with Gasteiger partial charge < -0.3 is 15.2 Å². The number of nitrogens with one attached hydrogen (secondary N) is 1. The molecule has 1 aliphatic rings. The third-order valence-electron chi connectivity index (χ3n) is 3.94. The van der Waals surface area contributed by atoms with Crippen molar-refractivity contribution >= 4 is 17.6 Å². The fraction of sp³-hybridized carbons (Fsp3) is 0.444. The molecular weight excluding hydrogens is 294 g/mol. The summed E-state index contributed by atoms with van der Waals surface area (Å²) in [6.45, 7) is 4.53. The Hall–Kier alpha value is -2.30. The normalized spacial score (nSPS) is 20.1. The Bertz CT molecular complexity index is 609. The summed E-state index contributed by atoms with van der Waals surface area (Å²) in [5, 5.41) is 12.1. The molecule has 23 heavy (non-hydrogen) atoms. The number of aliphatic carboxylic acids is 1. The topological polar surface area (TPSA) is 75.6 Å². The highest BCUT2D eigenvalue weighted by Gasteiger charge is 2.34. The molecule has 0 saturated heterocycles. The lowest BCUT2D eigenvalue weighted by Crippen LogP contribution is -2.34. The van der Waals surface area contributed by atoms with Gasteiger partial charge in [-0.15, -0.1) is 0 Å². The quantitative estimate of drug-likeness (QED) is 0.789. The van der Waals surface area contributed by atoms with Crippen LogP contribution in [0.2, 0.25) is 0 Å². The Labute approximate surface area is 136 Å². The van der Waals surface area contributed by atoms with Crippen LogP contribution in [0.5, 0.6) is 5.75 Å². The number of amides is 1. The molecule has 1 aromatic carbocycles. The molecule has 0 bridgehead atoms. The number of anilines is 1. The van der Waals surface area contributed by atoms with Crippen molar-refractivity contribution in [2.75, 3.05) is 11.9 Å². The Morgan fingerprint density at radius 2 is 1.96 bits per heavy atom. The second kappa shape index (κ2) is 7.81. The Morgan fingerprint density at radius 3 is 2.61 bits per heavy atom. The molecule has 0 aromatic heterocycles. The molecule has 1 aliphatic carbocycles. The molecule has 2 rings (SSSR count). The lowest BCUT2D eigenvalue weighted by Gasteiger charge is -2.24. The van der Waals surface area contributed by atoms with E-state index in [1.165, 1.54) is 0 Å². The average molecular weight is 317 g/mol. The number of hydrogen-bond donors (Lipinski definition) is 2. The number of carboxylic acid groups (broad SMARTS) is 1. The van der Waals surface area contributed by atoms with Gasteiger partial charge in [-0.25, -0.2) is 0 Å². The third kappa shape index (κ3) is 4.34. The number of ether oxygens (including phenoxy) is 1. The van der Waals surface area contributed by atoms with E-state index < -0.39 is 17.8 Å². The number of carboxylic acids is 1. The predicted molar refractivity (Wildman–Crippen MR) is 88.6 cm³/mol. The van der Waals surface area contributed by atoms with Gasteiger partial charge >= 0.3 is 5.97 Å². The fourth-order valence-corrected chi connectivity index (χ4v) is 2.67. The number of rotatable bonds is 6. The molecule has 2 N–H and O–H groups in total. The molecule has 0 saturated carbocycles. The summed E-state index contributed by atoms with van der Waals surface area (Å²) < 4.78 is 5.68. The summed E-state index contributed by atoms with van der Waals surface area (Å²) in [7, 11) is 0. The van der Waals surface area contributed by atoms with Crippen LogP contribution in [0.3, 0.4) is 0 Å². The second-order valence-electron chi connectivity index (χ2n) is 5.83. The highest BCUT2D eigenvalue weighted by atomic mass is 16.5. The number of carbonyl (C=O) groups is 2. The first kappa shape index (κ1) is 17.1. The first-order chi connectivity index (χ1) is 11.0. The van der Waals surface area contributed by atoms with E-state index in [1.807, 2.05) is 38.1 Å². The maximum atomic E-state index is 12.5. The smallest absolute Gasteiger partial charge is 0.307 e. The summed E-state index contributed by atoms with van der Waals surface area (Å²) in [5.74, 6) is -1.81. The largest absolute Gasteiger partial charge is 0.491 e. The van der Waals surface area contributed by atoms with Crippen molar-refractivity contribution in [2.45, 2.75) is 33.1 Å². The summed E-state index contributed by atoms with van der Waals surface area (Å²) in [6.07, 6.45) is 5.40. The Kier molecular flexibility index (Phi) is 5.79. The minimum Gasteiger partial charge on any atom is -0.491 e. The van der Waals surface area contributed by atoms with Gasteiger partial charge in [0.25, 0.3) is 0 Å². The van der Waals surface area contributed by atoms with Gasteiger partial charge in [0.15, 0.2) is 0 Å². The van der Waals surface area contributed by atoms with E-state index in [-0.39, 0.29) is 5.91 Å². The van der Waals surface area contributed by atoms with Crippen LogP contribution in [0.1, 0.15) is 31.7 Å². The lowest BCUT2D eigenvalue weighted by molar-refractivity contribution is -0.146. The molecule has 1 aromatic rings. The van der Waals surface area contributed by atoms with Crippen molar-refractivity contribution in [3.05, 3.63) is 35.9 Å². The van der Waals surface area contributed by atoms with Gasteiger partial charge in [-0.05, 0) is 43.9 Å². The van der Waals surface area contributed by atoms with Crippen molar-refractivity contribution in [1.82, 2.24) is 0 Å². The zero-order chi connectivity index (χ0) is 16.8. The zero-order valence-electron chi connectivity index (χ0n) is 13.5. The summed E-state index contributed by atoms with van der Waals surface area (Å²) >= 11 is 0. The average Bonchev–Trinajstić information content (AvgIpc) is 2.54. The van der Waals surface area contributed by atoms with Crippen molar-refractivity contribution in [3.63, 3.8) is 0 Å². The molecule has 0 aliphatic heterocycles. The van der Waals surface area contributed by atoms with Crippen molar-refractivity contribution in [2.24, 2.45) is 11.8 Å². The number of aryl methyl sites for hydroxylation is 1. The van der Waals surface area contributed by atoms with Crippen LogP contribution in [0, 0.1) is 18.8 Å². The van der Waals surface area contributed by atoms with E-state index in [2.05, 4.69) is 5.32 Å². The SMILES string of the molecule is CCCOc1cc(C)ccc1NC(=O)[C@H]1CC=CC[C@@H]1C(=O)O. The molecule has 0 spiro atoms. The standard InChI is InChI=1S/C18H23NO4/c1-3-10-23-16-11-12(2)8-9-15(16)19-17(20)13-6-4-5-7-14(13)18(21)22/h4-5,8-9,11,13-14H,3,6-7,10H2,1-2H3,(H,19,20)(H,21,22)/t13-,14-/m0/s1. The lowest BCUT2D eigenvalue weighted by atomic mass is 9.82. The van der Waals surface area contributed by atoms with Gasteiger partial charge in [-0.3, -0.25) is 9.59 Å². The van der Waals surface area contributed by atoms with Gasteiger partial charge in [-0.1, -0.05) is 25.1 Å². The maximum absolute atomic E-state index is 12.5. The molecule has 2 atom stereocenters. The summed E-state index contributed by atoms with van der Waals surface area (Å²) in [5.41, 5.74) is 1.63. The molecule has 124 valence electrons. The molecule has 5 nitrogen and oxygen atoms in total. The van der Waals surface area contributed by atoms with Crippen LogP contribution in [0.4, 0.5) is 5.69 Å². The predicted octanol–water partition coefficient (Wildman–Crippen LogP) is 3.39. The molecule has 0 radical (unpaired) electrons. The number of allylic oxidation sites excluding steroid dienone is 2. The van der Waals surface area contributed by atoms with Crippen LogP contribution < -0.4 is 10.1 Å². The fourth-order valence-electron chi connectivity index (χ4n) is 2.67. The Balaban J connectivity index is 2.16. The molecular formula is C18H23NO4. The minimum absolute atomic E-state index is 0.271. The van der Waals surface area contributed by atoms with E-state index in [0.29, 0.717) is 30.9 Å². The van der Waals surface area contributed by atoms with Crippen LogP contribution in [-0.4, -0.2) is 23.6 Å². The minimum atomic E-state index is -0.930. The van der Waals surface area contributed by atoms with E-state index in [9.17, 15) is 14.7 Å². The van der Waals surface area contributed by atoms with Crippen LogP contribution in [0.25, 0.3) is 0 Å². The van der Waals surface area contributed by atoms with Crippen LogP contribution in [0.15, 0.2) is 30.4 Å². The zero-order valence-corrected chi connectivity index (χ0v) is 13.5. The summed E-state index contributed by atoms with van der Waals surface area (Å²) in [4.78, 5) is 23.9. The summed E-state index contributed by atoms with van der Waals surface area (Å²) in [6, 6.07) is 5.57. The molecule has 5 heteroatoms. The van der Waals surface area contributed by atoms with Crippen LogP contribution in [-0.2, 0) is 9.59 Å². The number of hydrogen-bond acceptors (Lipinski definition) is 3. The van der Waals surface area contributed by atoms with E-state index in [0.717, 1.165) is 12.0 Å². The van der Waals surface area contributed by atoms with E-state index in [1.54, 1.807) is 6.07 Å². The molecule has 0 heterocycles. The van der Waals surface area contributed by atoms with Gasteiger partial charge in [0, 0.05) is 0 Å². The van der Waals surface area contributed by atoms with Gasteiger partial charge in [0.1, 0.15) is 5.75 Å². The van der Waals surface area contributed by atoms with Gasteiger partial charge in [-0.2, -0.15) is 0 Å². The number of benzene rings is 1. The monoisotopic (exact) mass is 317 g/mol. The highest BCUT2D eigenvalue weighted by Crippen LogP contribution is 2.30. The second-order valence-corrected chi connectivity index (χ2v) is 5.83. The van der Waals surface area contributed by atoms with Crippen molar-refractivity contribution < 1.29 is 19.4 Å². The molecule has 0 fully saturated rings. The maximum Gasteiger partial charge on any atom is 0.307 e. The highest BCUT2D eigenvalue weighted by molar-refractivity contribution is 5.96. The van der Waals surface area contributed by atoms with Crippen LogP contribution >= 0.6 is 0 Å². The number of carbonyl (C=O) groups excluding carboxylic acids is 1. The van der Waals surface area contributed by atoms with Crippen molar-refractivity contribution in [1.29, 1.82) is 0 Å². The van der Waals surface area contributed by atoms with Gasteiger partial charge in [0.2, 0.25) is 5.91 Å². The van der Waals surface area contributed by atoms with Crippen molar-refractivity contribution in [3.8, 4) is 5.75 Å². The van der Waals surface area contributed by atoms with E-state index >= 15 is 0 Å². The molecule has 0 unspecified atom stereocenters.